The van der Waals surface area contributed by atoms with Crippen molar-refractivity contribution in [1.29, 1.82) is 0 Å². The van der Waals surface area contributed by atoms with E-state index < -0.39 is 66.1 Å². The number of nitrogens with one attached hydrogen (secondary N) is 4. The molecule has 4 aliphatic rings. The predicted octanol–water partition coefficient (Wildman–Crippen LogP) is 19.4. The third-order valence-electron chi connectivity index (χ3n) is 21.3. The number of benzene rings is 2. The van der Waals surface area contributed by atoms with E-state index in [-0.39, 0.29) is 98.1 Å². The van der Waals surface area contributed by atoms with Gasteiger partial charge in [-0.3, -0.25) is 19.2 Å². The van der Waals surface area contributed by atoms with Gasteiger partial charge >= 0.3 is 23.9 Å². The highest BCUT2D eigenvalue weighted by Crippen LogP contribution is 2.49. The number of carbonyl (C=O) groups excluding carboxylic acids is 4. The molecule has 2 aromatic carbocycles. The van der Waals surface area contributed by atoms with Gasteiger partial charge in [0.2, 0.25) is 0 Å². The fourth-order valence-corrected chi connectivity index (χ4v) is 19.4. The molecule has 104 heavy (non-hydrogen) atoms. The number of phenols is 2. The highest BCUT2D eigenvalue weighted by Gasteiger charge is 2.55. The molecule has 2 aromatic rings. The molecule has 0 atom stereocenters. The van der Waals surface area contributed by atoms with Crippen LogP contribution in [0.15, 0.2) is 24.3 Å². The van der Waals surface area contributed by atoms with Crippen molar-refractivity contribution in [2.24, 2.45) is 10.8 Å². The summed E-state index contributed by atoms with van der Waals surface area (Å²) >= 11 is 0. The van der Waals surface area contributed by atoms with Crippen LogP contribution in [0.5, 0.6) is 11.5 Å². The van der Waals surface area contributed by atoms with Crippen molar-refractivity contribution < 1.29 is 57.4 Å². The number of hydrogen-bond acceptors (Lipinski definition) is 16. The van der Waals surface area contributed by atoms with E-state index in [4.69, 9.17) is 28.0 Å². The summed E-state index contributed by atoms with van der Waals surface area (Å²) in [7, 11) is -1.20. The number of carbonyl (C=O) groups is 4. The predicted molar refractivity (Wildman–Crippen MR) is 427 cm³/mol. The topological polar surface area (TPSA) is 212 Å². The summed E-state index contributed by atoms with van der Waals surface area (Å²) in [6.45, 7) is 66.2. The minimum absolute atomic E-state index is 0.0772. The Hall–Kier alpha value is -3.89. The summed E-state index contributed by atoms with van der Waals surface area (Å²) in [4.78, 5) is 60.6. The lowest BCUT2D eigenvalue weighted by molar-refractivity contribution is -0.185. The lowest BCUT2D eigenvalue weighted by Crippen LogP contribution is -2.61. The van der Waals surface area contributed by atoms with Crippen LogP contribution >= 0.6 is 8.38 Å². The Balaban J connectivity index is 0.000000374. The molecule has 0 unspecified atom stereocenters. The number of rotatable bonds is 27. The van der Waals surface area contributed by atoms with Gasteiger partial charge in [0.05, 0.1) is 13.2 Å². The molecule has 0 bridgehead atoms. The van der Waals surface area contributed by atoms with Crippen molar-refractivity contribution in [3.05, 3.63) is 57.6 Å². The number of piperidine rings is 4. The number of unbranched alkanes of at least 4 members (excludes halogenated alkanes) is 5. The Labute approximate surface area is 634 Å². The smallest absolute Gasteiger partial charge is 0.324 e. The largest absolute Gasteiger partial charge is 0.507 e. The van der Waals surface area contributed by atoms with Crippen LogP contribution in [0, 0.1) is 10.8 Å². The van der Waals surface area contributed by atoms with Crippen molar-refractivity contribution in [1.82, 2.24) is 21.3 Å². The lowest BCUT2D eigenvalue weighted by Gasteiger charge is -2.47. The first-order chi connectivity index (χ1) is 47.1. The molecule has 0 aliphatic carbocycles. The molecule has 0 spiro atoms. The van der Waals surface area contributed by atoms with Crippen LogP contribution in [-0.4, -0.2) is 122 Å². The molecule has 0 radical (unpaired) electrons. The molecular formula is C87H151N4O12P. The zero-order chi connectivity index (χ0) is 79.3. The molecule has 17 heteroatoms. The number of aromatic hydroxyl groups is 2. The maximum Gasteiger partial charge on any atom is 0.324 e. The minimum Gasteiger partial charge on any atom is -0.507 e. The van der Waals surface area contributed by atoms with Gasteiger partial charge in [-0.15, -0.1) is 0 Å². The van der Waals surface area contributed by atoms with Crippen LogP contribution < -0.4 is 21.3 Å². The number of phenolic OH excluding ortho intramolecular Hbond substituents is 2. The molecule has 6 rings (SSSR count). The quantitative estimate of drug-likeness (QED) is 0.0161. The second kappa shape index (κ2) is 34.2. The van der Waals surface area contributed by atoms with E-state index in [9.17, 15) is 10.2 Å². The summed E-state index contributed by atoms with van der Waals surface area (Å²) in [5.74, 6) is -1.52. The van der Waals surface area contributed by atoms with Gasteiger partial charge in [0.1, 0.15) is 35.9 Å². The Morgan fingerprint density at radius 1 is 0.375 bits per heavy atom. The molecule has 16 nitrogen and oxygen atoms in total. The molecule has 4 fully saturated rings. The van der Waals surface area contributed by atoms with Crippen molar-refractivity contribution in [2.75, 3.05) is 19.4 Å². The highest BCUT2D eigenvalue weighted by molar-refractivity contribution is 7.47. The first kappa shape index (κ1) is 90.7. The van der Waals surface area contributed by atoms with E-state index in [2.05, 4.69) is 222 Å². The molecule has 0 saturated carbocycles. The number of esters is 4. The Morgan fingerprint density at radius 2 is 0.596 bits per heavy atom. The zero-order valence-electron chi connectivity index (χ0n) is 71.6. The van der Waals surface area contributed by atoms with E-state index >= 15 is 19.2 Å². The van der Waals surface area contributed by atoms with Crippen LogP contribution in [-0.2, 0) is 81.7 Å². The van der Waals surface area contributed by atoms with Gasteiger partial charge in [0, 0.05) is 102 Å². The van der Waals surface area contributed by atoms with Crippen molar-refractivity contribution in [3.8, 4) is 11.5 Å². The summed E-state index contributed by atoms with van der Waals surface area (Å²) in [6.07, 6.45) is 11.6. The summed E-state index contributed by atoms with van der Waals surface area (Å²) in [5.41, 5.74) is -1.92. The lowest BCUT2D eigenvalue weighted by atomic mass is 9.73. The van der Waals surface area contributed by atoms with E-state index in [0.29, 0.717) is 83.6 Å². The Kier molecular flexibility index (Phi) is 29.8. The molecule has 596 valence electrons. The Morgan fingerprint density at radius 3 is 0.817 bits per heavy atom. The van der Waals surface area contributed by atoms with Gasteiger partial charge in [0.15, 0.2) is 19.2 Å². The SMILES string of the molecule is CCCCCCCCC(Cc1cc(C(C)(C)C)c(O)c(C(C)(C)C)c1)(C(=O)OC1CC(C)(C)NC(C)(C)C1)C(=O)OC1CC(C)(C)NC(C)(C)C1.CCOP(CCCC(Cc1cc(C(C)(C)C)c(O)c(C(C)(C)C)c1)(C(=O)OC1CC(C)(C)NC(C)(C)C1)C(=O)OC1CC(C)(C)NC(C)(C)C1)OCC. The summed E-state index contributed by atoms with van der Waals surface area (Å²) < 4.78 is 38.2. The van der Waals surface area contributed by atoms with Gasteiger partial charge in [-0.2, -0.15) is 0 Å². The van der Waals surface area contributed by atoms with Crippen molar-refractivity contribution in [3.63, 3.8) is 0 Å². The maximum atomic E-state index is 15.2. The minimum atomic E-state index is -1.65. The summed E-state index contributed by atoms with van der Waals surface area (Å²) in [6, 6.07) is 7.96. The van der Waals surface area contributed by atoms with Crippen LogP contribution in [0.25, 0.3) is 0 Å². The van der Waals surface area contributed by atoms with Gasteiger partial charge in [-0.25, -0.2) is 0 Å². The van der Waals surface area contributed by atoms with Crippen LogP contribution in [0.3, 0.4) is 0 Å². The van der Waals surface area contributed by atoms with Crippen LogP contribution in [0.1, 0.15) is 357 Å². The molecule has 4 heterocycles. The van der Waals surface area contributed by atoms with Gasteiger partial charge < -0.3 is 59.5 Å². The fraction of sp³-hybridized carbons (Fsp3) is 0.816. The summed E-state index contributed by atoms with van der Waals surface area (Å²) in [5, 5.41) is 38.0. The van der Waals surface area contributed by atoms with E-state index in [1.54, 1.807) is 0 Å². The second-order valence-corrected chi connectivity index (χ2v) is 43.1. The molecular weight excluding hydrogens is 1320 g/mol. The van der Waals surface area contributed by atoms with Crippen molar-refractivity contribution in [2.45, 2.75) is 427 Å². The van der Waals surface area contributed by atoms with E-state index in [1.165, 1.54) is 6.42 Å². The zero-order valence-corrected chi connectivity index (χ0v) is 72.5. The van der Waals surface area contributed by atoms with Crippen LogP contribution in [0.2, 0.25) is 0 Å². The average molecular weight is 1480 g/mol. The third-order valence-corrected chi connectivity index (χ3v) is 23.1. The Bertz CT molecular complexity index is 2960. The number of ether oxygens (including phenoxy) is 4. The molecule has 6 N–H and O–H groups in total. The van der Waals surface area contributed by atoms with Gasteiger partial charge in [-0.1, -0.05) is 153 Å². The average Bonchev–Trinajstić information content (AvgIpc) is 0.770. The standard InChI is InChI=1S/C44H76N2O5.C43H75N2O7P/c1-16-17-18-19-20-21-22-44(36(48)50-31-26-40(8,9)45-41(10,11)27-31,37(49)51-32-28-42(12,13)46-43(14,15)29-32)25-30-23-33(38(2,3)4)35(47)34(24-30)39(5,6)7;1-17-49-53(50-18-2)21-19-20-43(35(47)51-30-25-39(9,10)44-40(11,12)26-30,36(48)52-31-27-41(13,14)45-42(15,16)28-31)24-29-22-32(37(3,4)5)34(46)33(23-29)38(6,7)8/h23-24,31-32,45-47H,16-22,25-29H2,1-15H3;22-23,30-31,44-46H,17-21,24-28H2,1-16H3. The molecule has 0 amide bonds. The van der Waals surface area contributed by atoms with Gasteiger partial charge in [0.25, 0.3) is 0 Å². The molecule has 4 aliphatic heterocycles. The van der Waals surface area contributed by atoms with E-state index in [1.807, 2.05) is 38.1 Å². The van der Waals surface area contributed by atoms with Gasteiger partial charge in [-0.05, 0) is 212 Å². The fourth-order valence-electron chi connectivity index (χ4n) is 18.1. The second-order valence-electron chi connectivity index (χ2n) is 41.4. The highest BCUT2D eigenvalue weighted by atomic mass is 31.2. The molecule has 4 saturated heterocycles. The molecule has 0 aromatic heterocycles. The monoisotopic (exact) mass is 1480 g/mol. The number of hydrogen-bond donors (Lipinski definition) is 6. The third kappa shape index (κ3) is 26.1. The first-order valence-electron chi connectivity index (χ1n) is 39.9. The van der Waals surface area contributed by atoms with E-state index in [0.717, 1.165) is 65.5 Å². The first-order valence-corrected chi connectivity index (χ1v) is 41.3. The van der Waals surface area contributed by atoms with Crippen molar-refractivity contribution >= 4 is 32.3 Å². The van der Waals surface area contributed by atoms with Crippen LogP contribution in [0.4, 0.5) is 0 Å². The maximum absolute atomic E-state index is 15.2. The normalized spacial score (nSPS) is 20.8.